The van der Waals surface area contributed by atoms with Crippen LogP contribution in [0.25, 0.3) is 0 Å². The van der Waals surface area contributed by atoms with Gasteiger partial charge in [-0.05, 0) is 43.3 Å². The predicted octanol–water partition coefficient (Wildman–Crippen LogP) is 2.85. The van der Waals surface area contributed by atoms with Crippen molar-refractivity contribution in [3.63, 3.8) is 0 Å². The molecule has 6 heteroatoms. The summed E-state index contributed by atoms with van der Waals surface area (Å²) in [5.41, 5.74) is 1.72. The van der Waals surface area contributed by atoms with Crippen molar-refractivity contribution in [3.8, 4) is 11.5 Å². The maximum absolute atomic E-state index is 12.3. The van der Waals surface area contributed by atoms with Gasteiger partial charge >= 0.3 is 0 Å². The van der Waals surface area contributed by atoms with Crippen LogP contribution in [0.3, 0.4) is 0 Å². The number of hydrogen-bond donors (Lipinski definition) is 0. The number of ether oxygens (including phenoxy) is 2. The number of hydrogen-bond acceptors (Lipinski definition) is 4. The van der Waals surface area contributed by atoms with Gasteiger partial charge in [0.1, 0.15) is 23.9 Å². The van der Waals surface area contributed by atoms with Crippen molar-refractivity contribution < 1.29 is 17.9 Å². The van der Waals surface area contributed by atoms with E-state index in [1.807, 2.05) is 19.1 Å². The van der Waals surface area contributed by atoms with Gasteiger partial charge in [-0.15, -0.1) is 0 Å². The van der Waals surface area contributed by atoms with Gasteiger partial charge in [0.2, 0.25) is 10.0 Å². The Morgan fingerprint density at radius 1 is 0.957 bits per heavy atom. The summed E-state index contributed by atoms with van der Waals surface area (Å²) in [4.78, 5) is 0. The molecule has 23 heavy (non-hydrogen) atoms. The van der Waals surface area contributed by atoms with Gasteiger partial charge in [-0.1, -0.05) is 17.7 Å². The first kappa shape index (κ1) is 17.1. The Labute approximate surface area is 137 Å². The first-order valence-corrected chi connectivity index (χ1v) is 8.83. The number of aryl methyl sites for hydroxylation is 1. The fraction of sp³-hybridized carbons (Fsp3) is 0.294. The molecule has 0 fully saturated rings. The summed E-state index contributed by atoms with van der Waals surface area (Å²) in [6, 6.07) is 14.4. The van der Waals surface area contributed by atoms with Crippen molar-refractivity contribution in [2.75, 3.05) is 30.8 Å². The number of nitrogens with zero attached hydrogens (tertiary/aromatic N) is 1. The summed E-state index contributed by atoms with van der Waals surface area (Å²) < 4.78 is 36.5. The zero-order valence-corrected chi connectivity index (χ0v) is 14.3. The Morgan fingerprint density at radius 3 is 2.09 bits per heavy atom. The van der Waals surface area contributed by atoms with Crippen LogP contribution in [0.4, 0.5) is 5.69 Å². The highest BCUT2D eigenvalue weighted by Crippen LogP contribution is 2.19. The minimum Gasteiger partial charge on any atom is -0.497 e. The van der Waals surface area contributed by atoms with Gasteiger partial charge in [-0.25, -0.2) is 8.42 Å². The molecule has 0 heterocycles. The molecule has 0 saturated carbocycles. The number of sulfonamides is 1. The van der Waals surface area contributed by atoms with Crippen molar-refractivity contribution >= 4 is 15.7 Å². The summed E-state index contributed by atoms with van der Waals surface area (Å²) in [5, 5.41) is 0. The second kappa shape index (κ2) is 7.37. The molecule has 124 valence electrons. The molecule has 2 aromatic rings. The molecule has 0 aliphatic carbocycles. The lowest BCUT2D eigenvalue weighted by atomic mass is 10.2. The molecule has 0 saturated heterocycles. The molecule has 2 aromatic carbocycles. The van der Waals surface area contributed by atoms with E-state index in [0.717, 1.165) is 11.3 Å². The van der Waals surface area contributed by atoms with Crippen LogP contribution in [0.2, 0.25) is 0 Å². The van der Waals surface area contributed by atoms with E-state index in [1.54, 1.807) is 50.6 Å². The third kappa shape index (κ3) is 4.63. The summed E-state index contributed by atoms with van der Waals surface area (Å²) in [6.07, 6.45) is 0. The molecule has 0 aliphatic heterocycles. The highest BCUT2D eigenvalue weighted by Gasteiger charge is 2.18. The second-order valence-corrected chi connectivity index (χ2v) is 7.26. The largest absolute Gasteiger partial charge is 0.497 e. The van der Waals surface area contributed by atoms with E-state index in [1.165, 1.54) is 4.31 Å². The molecule has 0 atom stereocenters. The summed E-state index contributed by atoms with van der Waals surface area (Å²) >= 11 is 0. The molecular formula is C17H21NO4S. The molecule has 0 unspecified atom stereocenters. The fourth-order valence-electron chi connectivity index (χ4n) is 1.99. The Balaban J connectivity index is 1.93. The van der Waals surface area contributed by atoms with Crippen LogP contribution >= 0.6 is 0 Å². The smallest absolute Gasteiger partial charge is 0.238 e. The van der Waals surface area contributed by atoms with Gasteiger partial charge in [0.15, 0.2) is 0 Å². The Hall–Kier alpha value is -2.21. The van der Waals surface area contributed by atoms with Crippen molar-refractivity contribution in [1.29, 1.82) is 0 Å². The van der Waals surface area contributed by atoms with Gasteiger partial charge in [-0.2, -0.15) is 0 Å². The quantitative estimate of drug-likeness (QED) is 0.781. The average molecular weight is 335 g/mol. The molecule has 0 aliphatic rings. The molecule has 2 rings (SSSR count). The third-order valence-electron chi connectivity index (χ3n) is 3.48. The monoisotopic (exact) mass is 335 g/mol. The molecule has 0 bridgehead atoms. The molecule has 5 nitrogen and oxygen atoms in total. The standard InChI is InChI=1S/C17H21NO4S/c1-14-4-6-15(7-5-14)18(2)23(19,20)13-12-22-17-10-8-16(21-3)9-11-17/h4-11H,12-13H2,1-3H3. The van der Waals surface area contributed by atoms with Crippen molar-refractivity contribution in [2.24, 2.45) is 0 Å². The number of methoxy groups -OCH3 is 1. The lowest BCUT2D eigenvalue weighted by Gasteiger charge is -2.19. The van der Waals surface area contributed by atoms with E-state index < -0.39 is 10.0 Å². The number of rotatable bonds is 7. The van der Waals surface area contributed by atoms with Crippen LogP contribution in [-0.2, 0) is 10.0 Å². The van der Waals surface area contributed by atoms with Crippen LogP contribution in [0.1, 0.15) is 5.56 Å². The predicted molar refractivity (Wildman–Crippen MR) is 91.9 cm³/mol. The molecular weight excluding hydrogens is 314 g/mol. The molecule has 0 radical (unpaired) electrons. The maximum atomic E-state index is 12.3. The number of benzene rings is 2. The third-order valence-corrected chi connectivity index (χ3v) is 5.21. The molecule has 0 spiro atoms. The van der Waals surface area contributed by atoms with E-state index in [-0.39, 0.29) is 12.4 Å². The van der Waals surface area contributed by atoms with Gasteiger partial charge < -0.3 is 9.47 Å². The Morgan fingerprint density at radius 2 is 1.52 bits per heavy atom. The van der Waals surface area contributed by atoms with E-state index >= 15 is 0 Å². The zero-order chi connectivity index (χ0) is 16.9. The highest BCUT2D eigenvalue weighted by molar-refractivity contribution is 7.92. The summed E-state index contributed by atoms with van der Waals surface area (Å²) in [7, 11) is -0.290. The first-order chi connectivity index (χ1) is 10.9. The van der Waals surface area contributed by atoms with Crippen molar-refractivity contribution in [1.82, 2.24) is 0 Å². The maximum Gasteiger partial charge on any atom is 0.238 e. The van der Waals surface area contributed by atoms with Crippen LogP contribution in [0, 0.1) is 6.92 Å². The van der Waals surface area contributed by atoms with Crippen molar-refractivity contribution in [2.45, 2.75) is 6.92 Å². The minimum absolute atomic E-state index is 0.0882. The average Bonchev–Trinajstić information content (AvgIpc) is 2.55. The first-order valence-electron chi connectivity index (χ1n) is 7.22. The number of anilines is 1. The zero-order valence-electron chi connectivity index (χ0n) is 13.5. The SMILES string of the molecule is COc1ccc(OCCS(=O)(=O)N(C)c2ccc(C)cc2)cc1. The van der Waals surface area contributed by atoms with Gasteiger partial charge in [0.05, 0.1) is 12.8 Å². The minimum atomic E-state index is -3.43. The van der Waals surface area contributed by atoms with Crippen LogP contribution < -0.4 is 13.8 Å². The van der Waals surface area contributed by atoms with Crippen LogP contribution in [0.5, 0.6) is 11.5 Å². The van der Waals surface area contributed by atoms with Crippen LogP contribution in [-0.4, -0.2) is 34.9 Å². The van der Waals surface area contributed by atoms with E-state index in [0.29, 0.717) is 11.4 Å². The fourth-order valence-corrected chi connectivity index (χ4v) is 3.00. The van der Waals surface area contributed by atoms with Gasteiger partial charge in [0.25, 0.3) is 0 Å². The lowest BCUT2D eigenvalue weighted by Crippen LogP contribution is -2.31. The Kier molecular flexibility index (Phi) is 5.50. The lowest BCUT2D eigenvalue weighted by molar-refractivity contribution is 0.339. The van der Waals surface area contributed by atoms with Crippen LogP contribution in [0.15, 0.2) is 48.5 Å². The second-order valence-electron chi connectivity index (χ2n) is 5.14. The Bertz CT molecular complexity index is 724. The topological polar surface area (TPSA) is 55.8 Å². The van der Waals surface area contributed by atoms with Gasteiger partial charge in [0, 0.05) is 7.05 Å². The molecule has 0 aromatic heterocycles. The van der Waals surface area contributed by atoms with Gasteiger partial charge in [-0.3, -0.25) is 4.31 Å². The normalized spacial score (nSPS) is 11.1. The molecule has 0 amide bonds. The summed E-state index contributed by atoms with van der Waals surface area (Å²) in [5.74, 6) is 1.24. The van der Waals surface area contributed by atoms with Crippen molar-refractivity contribution in [3.05, 3.63) is 54.1 Å². The van der Waals surface area contributed by atoms with E-state index in [4.69, 9.17) is 9.47 Å². The van der Waals surface area contributed by atoms with E-state index in [2.05, 4.69) is 0 Å². The highest BCUT2D eigenvalue weighted by atomic mass is 32.2. The summed E-state index contributed by atoms with van der Waals surface area (Å²) in [6.45, 7) is 2.05. The molecule has 0 N–H and O–H groups in total. The van der Waals surface area contributed by atoms with E-state index in [9.17, 15) is 8.42 Å².